The number of rotatable bonds is 6. The zero-order chi connectivity index (χ0) is 31.8. The zero-order valence-electron chi connectivity index (χ0n) is 26.4. The van der Waals surface area contributed by atoms with Gasteiger partial charge in [-0.1, -0.05) is 29.8 Å². The van der Waals surface area contributed by atoms with Gasteiger partial charge in [0.25, 0.3) is 0 Å². The molecule has 242 valence electrons. The number of hydrogen-bond acceptors (Lipinski definition) is 8. The summed E-state index contributed by atoms with van der Waals surface area (Å²) in [6.45, 7) is 9.53. The van der Waals surface area contributed by atoms with Gasteiger partial charge in [-0.25, -0.2) is 14.8 Å². The average molecular weight is 638 g/mol. The third-order valence-corrected chi connectivity index (χ3v) is 9.58. The molecule has 6 rings (SSSR count). The monoisotopic (exact) mass is 637 g/mol. The van der Waals surface area contributed by atoms with Crippen molar-refractivity contribution in [2.24, 2.45) is 0 Å². The first-order valence-corrected chi connectivity index (χ1v) is 16.4. The van der Waals surface area contributed by atoms with Crippen LogP contribution in [0.15, 0.2) is 36.7 Å². The number of hydrogen-bond donors (Lipinski definition) is 3. The Morgan fingerprint density at radius 1 is 1.09 bits per heavy atom. The molecule has 0 aliphatic carbocycles. The molecule has 1 atom stereocenters. The number of amides is 2. The number of piperidine rings is 2. The van der Waals surface area contributed by atoms with Crippen LogP contribution >= 0.6 is 11.6 Å². The molecule has 3 N–H and O–H groups in total. The van der Waals surface area contributed by atoms with Crippen LogP contribution in [0.25, 0.3) is 22.2 Å². The Hall–Kier alpha value is -3.41. The maximum Gasteiger partial charge on any atom is 0.410 e. The number of para-hydroxylation sites is 1. The summed E-state index contributed by atoms with van der Waals surface area (Å²) in [7, 11) is 0. The fraction of sp³-hybridized carbons (Fsp3) is 0.576. The maximum atomic E-state index is 13.2. The number of H-pyrrole nitrogens is 1. The van der Waals surface area contributed by atoms with Gasteiger partial charge in [0, 0.05) is 74.0 Å². The normalized spacial score (nSPS) is 21.3. The first-order chi connectivity index (χ1) is 21.5. The summed E-state index contributed by atoms with van der Waals surface area (Å²) in [5.41, 5.74) is 1.05. The maximum absolute atomic E-state index is 13.2. The highest BCUT2D eigenvalue weighted by molar-refractivity contribution is 6.33. The Labute approximate surface area is 269 Å². The van der Waals surface area contributed by atoms with E-state index in [1.165, 1.54) is 0 Å². The number of carbonyl (C=O) groups is 2. The van der Waals surface area contributed by atoms with Crippen molar-refractivity contribution in [3.05, 3.63) is 41.7 Å². The quantitative estimate of drug-likeness (QED) is 0.348. The van der Waals surface area contributed by atoms with E-state index in [2.05, 4.69) is 26.3 Å². The Morgan fingerprint density at radius 3 is 2.56 bits per heavy atom. The topological polar surface area (TPSA) is 127 Å². The fourth-order valence-electron chi connectivity index (χ4n) is 6.79. The van der Waals surface area contributed by atoms with Gasteiger partial charge in [-0.05, 0) is 58.9 Å². The minimum atomic E-state index is -1.09. The van der Waals surface area contributed by atoms with E-state index >= 15 is 0 Å². The summed E-state index contributed by atoms with van der Waals surface area (Å²) < 4.78 is 5.46. The molecular formula is C33H44ClN7O4. The van der Waals surface area contributed by atoms with E-state index in [4.69, 9.17) is 21.3 Å². The number of nitrogens with one attached hydrogen (secondary N) is 2. The lowest BCUT2D eigenvalue weighted by molar-refractivity contribution is -0.139. The second-order valence-electron chi connectivity index (χ2n) is 13.7. The average Bonchev–Trinajstić information content (AvgIpc) is 3.65. The molecule has 12 heteroatoms. The number of halogens is 1. The van der Waals surface area contributed by atoms with Crippen LogP contribution < -0.4 is 5.32 Å². The van der Waals surface area contributed by atoms with E-state index in [1.54, 1.807) is 11.1 Å². The molecule has 3 aromatic rings. The van der Waals surface area contributed by atoms with Crippen molar-refractivity contribution >= 4 is 40.5 Å². The largest absolute Gasteiger partial charge is 0.444 e. The Bertz CT molecular complexity index is 1520. The summed E-state index contributed by atoms with van der Waals surface area (Å²) in [6, 6.07) is 8.72. The molecule has 45 heavy (non-hydrogen) atoms. The number of carbonyl (C=O) groups excluding carboxylic acids is 2. The van der Waals surface area contributed by atoms with E-state index < -0.39 is 11.2 Å². The molecule has 11 nitrogen and oxygen atoms in total. The highest BCUT2D eigenvalue weighted by Crippen LogP contribution is 2.33. The van der Waals surface area contributed by atoms with Gasteiger partial charge in [-0.3, -0.25) is 9.69 Å². The van der Waals surface area contributed by atoms with Gasteiger partial charge < -0.3 is 29.9 Å². The van der Waals surface area contributed by atoms with Crippen molar-refractivity contribution in [2.45, 2.75) is 82.6 Å². The molecule has 2 amide bonds. The molecule has 2 aromatic heterocycles. The lowest BCUT2D eigenvalue weighted by Gasteiger charge is -2.41. The van der Waals surface area contributed by atoms with Crippen molar-refractivity contribution < 1.29 is 19.4 Å². The van der Waals surface area contributed by atoms with Gasteiger partial charge >= 0.3 is 6.09 Å². The van der Waals surface area contributed by atoms with E-state index in [-0.39, 0.29) is 24.5 Å². The SMILES string of the molecule is CC(C)(C)OC(=O)N1CCC(O)(CC(=O)N2CCC(N3CCC(Nc4ncc(Cl)c(-c5c[nH]c6ccccc56)n4)C3)CC2)CC1. The van der Waals surface area contributed by atoms with E-state index in [0.717, 1.165) is 48.8 Å². The van der Waals surface area contributed by atoms with Crippen molar-refractivity contribution in [1.29, 1.82) is 0 Å². The predicted molar refractivity (Wildman–Crippen MR) is 174 cm³/mol. The highest BCUT2D eigenvalue weighted by atomic mass is 35.5. The number of aliphatic hydroxyl groups is 1. The molecule has 3 fully saturated rings. The van der Waals surface area contributed by atoms with Crippen LogP contribution in [0.5, 0.6) is 0 Å². The standard InChI is InChI=1S/C33H44ClN7O4/c1-32(2,3)45-31(43)40-16-11-33(44,12-17-40)18-28(42)39-14-9-23(10-15-39)41-13-8-22(21-41)37-30-36-20-26(34)29(38-30)25-19-35-27-7-5-4-6-24(25)27/h4-7,19-20,22-23,35,44H,8-18,21H2,1-3H3,(H,36,37,38). The highest BCUT2D eigenvalue weighted by Gasteiger charge is 2.39. The molecule has 0 bridgehead atoms. The summed E-state index contributed by atoms with van der Waals surface area (Å²) in [6.07, 6.45) is 6.87. The molecule has 0 saturated carbocycles. The molecule has 1 aromatic carbocycles. The van der Waals surface area contributed by atoms with Gasteiger partial charge in [-0.2, -0.15) is 0 Å². The number of likely N-dealkylation sites (tertiary alicyclic amines) is 3. The first kappa shape index (κ1) is 31.6. The summed E-state index contributed by atoms with van der Waals surface area (Å²) in [4.78, 5) is 44.1. The number of anilines is 1. The molecule has 5 heterocycles. The van der Waals surface area contributed by atoms with E-state index in [0.29, 0.717) is 61.7 Å². The van der Waals surface area contributed by atoms with Crippen LogP contribution in [-0.4, -0.2) is 109 Å². The molecule has 0 radical (unpaired) electrons. The number of aromatic nitrogens is 3. The minimum absolute atomic E-state index is 0.00599. The summed E-state index contributed by atoms with van der Waals surface area (Å²) >= 11 is 6.53. The molecule has 3 aliphatic rings. The van der Waals surface area contributed by atoms with Gasteiger partial charge in [0.05, 0.1) is 28.9 Å². The van der Waals surface area contributed by atoms with Crippen LogP contribution in [-0.2, 0) is 9.53 Å². The first-order valence-electron chi connectivity index (χ1n) is 16.0. The summed E-state index contributed by atoms with van der Waals surface area (Å²) in [5.74, 6) is 0.565. The third kappa shape index (κ3) is 7.37. The lowest BCUT2D eigenvalue weighted by atomic mass is 9.87. The number of fused-ring (bicyclic) bond motifs is 1. The van der Waals surface area contributed by atoms with E-state index in [1.807, 2.05) is 50.1 Å². The second-order valence-corrected chi connectivity index (χ2v) is 14.2. The van der Waals surface area contributed by atoms with Crippen LogP contribution in [0.1, 0.15) is 59.3 Å². The fourth-order valence-corrected chi connectivity index (χ4v) is 6.99. The van der Waals surface area contributed by atoms with Crippen molar-refractivity contribution in [2.75, 3.05) is 44.6 Å². The number of aromatic amines is 1. The van der Waals surface area contributed by atoms with E-state index in [9.17, 15) is 14.7 Å². The Morgan fingerprint density at radius 2 is 1.82 bits per heavy atom. The third-order valence-electron chi connectivity index (χ3n) is 9.30. The summed E-state index contributed by atoms with van der Waals surface area (Å²) in [5, 5.41) is 16.3. The molecule has 1 unspecified atom stereocenters. The predicted octanol–water partition coefficient (Wildman–Crippen LogP) is 4.91. The van der Waals surface area contributed by atoms with Gasteiger partial charge in [0.15, 0.2) is 0 Å². The number of nitrogens with zero attached hydrogens (tertiary/aromatic N) is 5. The van der Waals surface area contributed by atoms with Crippen molar-refractivity contribution in [1.82, 2.24) is 29.7 Å². The molecule has 3 saturated heterocycles. The van der Waals surface area contributed by atoms with Crippen molar-refractivity contribution in [3.8, 4) is 11.3 Å². The number of benzene rings is 1. The molecule has 3 aliphatic heterocycles. The van der Waals surface area contributed by atoms with Crippen LogP contribution in [0.3, 0.4) is 0 Å². The van der Waals surface area contributed by atoms with Crippen LogP contribution in [0.4, 0.5) is 10.7 Å². The molecule has 0 spiro atoms. The van der Waals surface area contributed by atoms with Gasteiger partial charge in [0.2, 0.25) is 11.9 Å². The van der Waals surface area contributed by atoms with Crippen LogP contribution in [0, 0.1) is 0 Å². The Kier molecular flexibility index (Phi) is 8.96. The molecular weight excluding hydrogens is 594 g/mol. The van der Waals surface area contributed by atoms with Crippen molar-refractivity contribution in [3.63, 3.8) is 0 Å². The van der Waals surface area contributed by atoms with Gasteiger partial charge in [-0.15, -0.1) is 0 Å². The Balaban J connectivity index is 0.967. The van der Waals surface area contributed by atoms with Gasteiger partial charge in [0.1, 0.15) is 5.60 Å². The zero-order valence-corrected chi connectivity index (χ0v) is 27.1. The lowest BCUT2D eigenvalue weighted by Crippen LogP contribution is -2.51. The minimum Gasteiger partial charge on any atom is -0.444 e. The smallest absolute Gasteiger partial charge is 0.410 e. The second kappa shape index (κ2) is 12.8. The number of ether oxygens (including phenoxy) is 1. The van der Waals surface area contributed by atoms with Crippen LogP contribution in [0.2, 0.25) is 5.02 Å².